The predicted molar refractivity (Wildman–Crippen MR) is 131 cm³/mol. The molecule has 0 aromatic carbocycles. The molecular weight excluding hydrogens is 356 g/mol. The quantitative estimate of drug-likeness (QED) is 0.279. The summed E-state index contributed by atoms with van der Waals surface area (Å²) < 4.78 is 5.25. The van der Waals surface area contributed by atoms with E-state index in [2.05, 4.69) is 40.2 Å². The summed E-state index contributed by atoms with van der Waals surface area (Å²) in [5, 5.41) is 0. The number of rotatable bonds is 12. The highest BCUT2D eigenvalue weighted by Gasteiger charge is 2.03. The summed E-state index contributed by atoms with van der Waals surface area (Å²) in [4.78, 5) is 0. The standard InChI is InChI=1S/C20H30O.C6H12N2/c1-8-10-11-16(3)17(4)12-13-18(5)19(6)14-15-20(7)21-9-2;1-3-6(8)4-5(2)7/h12-16H,4-11H2,1-3H3;3-4H,7-8H2,1-2H3/b13-12-,15-14-;5-4+,6-3+. The second kappa shape index (κ2) is 17.4. The van der Waals surface area contributed by atoms with Crippen molar-refractivity contribution in [2.75, 3.05) is 6.61 Å². The first-order chi connectivity index (χ1) is 13.6. The van der Waals surface area contributed by atoms with Crippen LogP contribution in [0.5, 0.6) is 0 Å². The molecule has 0 spiro atoms. The van der Waals surface area contributed by atoms with Crippen LogP contribution in [-0.2, 0) is 4.74 Å². The molecule has 4 N–H and O–H groups in total. The van der Waals surface area contributed by atoms with Gasteiger partial charge in [-0.2, -0.15) is 0 Å². The Balaban J connectivity index is 0. The molecule has 0 aliphatic carbocycles. The minimum Gasteiger partial charge on any atom is -0.495 e. The molecule has 0 heterocycles. The molecule has 0 saturated carbocycles. The zero-order valence-corrected chi connectivity index (χ0v) is 19.3. The van der Waals surface area contributed by atoms with Crippen LogP contribution in [0.25, 0.3) is 0 Å². The first-order valence-corrected chi connectivity index (χ1v) is 10.2. The second-order valence-corrected chi connectivity index (χ2v) is 6.91. The number of hydrogen-bond acceptors (Lipinski definition) is 3. The number of unbranched alkanes of at least 4 members (excludes halogenated alkanes) is 1. The van der Waals surface area contributed by atoms with Crippen LogP contribution in [-0.4, -0.2) is 6.61 Å². The molecule has 0 aliphatic rings. The first-order valence-electron chi connectivity index (χ1n) is 10.2. The molecule has 29 heavy (non-hydrogen) atoms. The largest absolute Gasteiger partial charge is 0.495 e. The van der Waals surface area contributed by atoms with Crippen LogP contribution in [0.15, 0.2) is 96.6 Å². The van der Waals surface area contributed by atoms with Crippen molar-refractivity contribution in [1.82, 2.24) is 0 Å². The van der Waals surface area contributed by atoms with E-state index in [0.717, 1.165) is 22.4 Å². The monoisotopic (exact) mass is 398 g/mol. The Labute approximate surface area is 179 Å². The molecule has 0 fully saturated rings. The number of ether oxygens (including phenoxy) is 1. The number of hydrogen-bond donors (Lipinski definition) is 2. The van der Waals surface area contributed by atoms with Crippen molar-refractivity contribution in [3.05, 3.63) is 96.6 Å². The number of allylic oxidation sites excluding steroid dienone is 10. The summed E-state index contributed by atoms with van der Waals surface area (Å²) in [7, 11) is 0. The van der Waals surface area contributed by atoms with Crippen LogP contribution in [0.4, 0.5) is 0 Å². The van der Waals surface area contributed by atoms with Crippen LogP contribution < -0.4 is 11.5 Å². The van der Waals surface area contributed by atoms with Gasteiger partial charge in [0.05, 0.1) is 6.61 Å². The average Bonchev–Trinajstić information content (AvgIpc) is 2.67. The summed E-state index contributed by atoms with van der Waals surface area (Å²) >= 11 is 0. The molecule has 0 saturated heterocycles. The van der Waals surface area contributed by atoms with Gasteiger partial charge >= 0.3 is 0 Å². The third-order valence-electron chi connectivity index (χ3n) is 4.06. The van der Waals surface area contributed by atoms with Crippen LogP contribution in [0.2, 0.25) is 0 Å². The highest BCUT2D eigenvalue weighted by molar-refractivity contribution is 5.45. The lowest BCUT2D eigenvalue weighted by Crippen LogP contribution is -1.97. The maximum atomic E-state index is 5.38. The second-order valence-electron chi connectivity index (χ2n) is 6.91. The average molecular weight is 399 g/mol. The summed E-state index contributed by atoms with van der Waals surface area (Å²) in [6.45, 7) is 26.6. The van der Waals surface area contributed by atoms with Crippen LogP contribution in [0.1, 0.15) is 53.9 Å². The van der Waals surface area contributed by atoms with Crippen molar-refractivity contribution in [1.29, 1.82) is 0 Å². The van der Waals surface area contributed by atoms with Gasteiger partial charge in [-0.3, -0.25) is 0 Å². The van der Waals surface area contributed by atoms with Gasteiger partial charge in [-0.05, 0) is 56.4 Å². The fourth-order valence-electron chi connectivity index (χ4n) is 2.05. The SMILES string of the molecule is C/C=C(N)\C=C(/C)N.C=C(/C=C\C(=C)C(=C)/C=C\C(=C)C(C)CCCC)OCC. The maximum Gasteiger partial charge on any atom is 0.112 e. The fraction of sp³-hybridized carbons (Fsp3) is 0.385. The van der Waals surface area contributed by atoms with Crippen molar-refractivity contribution in [3.63, 3.8) is 0 Å². The zero-order valence-electron chi connectivity index (χ0n) is 19.3. The normalized spacial score (nSPS) is 13.0. The van der Waals surface area contributed by atoms with Crippen molar-refractivity contribution < 1.29 is 4.74 Å². The highest BCUT2D eigenvalue weighted by Crippen LogP contribution is 2.19. The summed E-state index contributed by atoms with van der Waals surface area (Å²) in [5.41, 5.74) is 15.0. The van der Waals surface area contributed by atoms with Gasteiger partial charge in [0.25, 0.3) is 0 Å². The smallest absolute Gasteiger partial charge is 0.112 e. The number of nitrogens with two attached hydrogens (primary N) is 2. The molecular formula is C26H42N2O. The Morgan fingerprint density at radius 2 is 1.52 bits per heavy atom. The molecule has 0 rings (SSSR count). The lowest BCUT2D eigenvalue weighted by molar-refractivity contribution is 0.244. The minimum atomic E-state index is 0.510. The zero-order chi connectivity index (χ0) is 22.8. The molecule has 0 aliphatic heterocycles. The molecule has 1 atom stereocenters. The molecule has 162 valence electrons. The van der Waals surface area contributed by atoms with Crippen LogP contribution in [0, 0.1) is 5.92 Å². The fourth-order valence-corrected chi connectivity index (χ4v) is 2.05. The van der Waals surface area contributed by atoms with Crippen LogP contribution >= 0.6 is 0 Å². The molecule has 3 heteroatoms. The van der Waals surface area contributed by atoms with E-state index in [1.165, 1.54) is 19.3 Å². The van der Waals surface area contributed by atoms with Gasteiger partial charge in [-0.15, -0.1) is 0 Å². The van der Waals surface area contributed by atoms with E-state index < -0.39 is 0 Å². The van der Waals surface area contributed by atoms with Gasteiger partial charge in [-0.1, -0.05) is 82.9 Å². The minimum absolute atomic E-state index is 0.510. The Morgan fingerprint density at radius 3 is 1.93 bits per heavy atom. The van der Waals surface area contributed by atoms with Gasteiger partial charge in [0.15, 0.2) is 0 Å². The molecule has 3 nitrogen and oxygen atoms in total. The first kappa shape index (κ1) is 28.5. The van der Waals surface area contributed by atoms with E-state index >= 15 is 0 Å². The van der Waals surface area contributed by atoms with Crippen molar-refractivity contribution in [2.24, 2.45) is 17.4 Å². The highest BCUT2D eigenvalue weighted by atomic mass is 16.5. The third kappa shape index (κ3) is 17.2. The van der Waals surface area contributed by atoms with E-state index in [9.17, 15) is 0 Å². The van der Waals surface area contributed by atoms with Crippen molar-refractivity contribution in [2.45, 2.75) is 53.9 Å². The summed E-state index contributed by atoms with van der Waals surface area (Å²) in [5.74, 6) is 1.14. The van der Waals surface area contributed by atoms with Gasteiger partial charge in [-0.25, -0.2) is 0 Å². The topological polar surface area (TPSA) is 61.3 Å². The van der Waals surface area contributed by atoms with Gasteiger partial charge in [0.2, 0.25) is 0 Å². The molecule has 0 radical (unpaired) electrons. The van der Waals surface area contributed by atoms with E-state index in [1.54, 1.807) is 19.1 Å². The maximum absolute atomic E-state index is 5.38. The van der Waals surface area contributed by atoms with E-state index in [0.29, 0.717) is 24.0 Å². The Morgan fingerprint density at radius 1 is 0.966 bits per heavy atom. The Kier molecular flexibility index (Phi) is 17.1. The van der Waals surface area contributed by atoms with E-state index in [-0.39, 0.29) is 0 Å². The van der Waals surface area contributed by atoms with Gasteiger partial charge < -0.3 is 16.2 Å². The molecule has 0 aromatic rings. The van der Waals surface area contributed by atoms with Crippen LogP contribution in [0.3, 0.4) is 0 Å². The van der Waals surface area contributed by atoms with Crippen molar-refractivity contribution >= 4 is 0 Å². The summed E-state index contributed by atoms with van der Waals surface area (Å²) in [6.07, 6.45) is 14.9. The lowest BCUT2D eigenvalue weighted by Gasteiger charge is -2.10. The third-order valence-corrected chi connectivity index (χ3v) is 4.06. The molecule has 0 aromatic heterocycles. The molecule has 1 unspecified atom stereocenters. The van der Waals surface area contributed by atoms with Crippen molar-refractivity contribution in [3.8, 4) is 0 Å². The molecule has 0 amide bonds. The lowest BCUT2D eigenvalue weighted by atomic mass is 9.95. The Bertz CT molecular complexity index is 656. The van der Waals surface area contributed by atoms with Gasteiger partial charge in [0, 0.05) is 11.4 Å². The summed E-state index contributed by atoms with van der Waals surface area (Å²) in [6, 6.07) is 0. The van der Waals surface area contributed by atoms with Gasteiger partial charge in [0.1, 0.15) is 5.76 Å². The van der Waals surface area contributed by atoms with E-state index in [4.69, 9.17) is 16.2 Å². The Hall–Kier alpha value is -2.68. The predicted octanol–water partition coefficient (Wildman–Crippen LogP) is 6.86. The van der Waals surface area contributed by atoms with E-state index in [1.807, 2.05) is 38.2 Å². The molecule has 0 bridgehead atoms.